The van der Waals surface area contributed by atoms with E-state index < -0.39 is 5.97 Å². The Morgan fingerprint density at radius 1 is 1.54 bits per heavy atom. The Bertz CT molecular complexity index is 321. The van der Waals surface area contributed by atoms with Crippen LogP contribution in [0.15, 0.2) is 18.5 Å². The van der Waals surface area contributed by atoms with Crippen molar-refractivity contribution in [1.82, 2.24) is 9.97 Å². The van der Waals surface area contributed by atoms with Crippen molar-refractivity contribution in [3.05, 3.63) is 29.3 Å². The average Bonchev–Trinajstić information content (AvgIpc) is 2.08. The van der Waals surface area contributed by atoms with Crippen molar-refractivity contribution in [3.8, 4) is 0 Å². The van der Waals surface area contributed by atoms with Gasteiger partial charge in [0.2, 0.25) is 5.28 Å². The molecule has 0 radical (unpaired) electrons. The van der Waals surface area contributed by atoms with Gasteiger partial charge < -0.3 is 5.11 Å². The molecule has 4 nitrogen and oxygen atoms in total. The van der Waals surface area contributed by atoms with E-state index in [1.54, 1.807) is 6.08 Å². The van der Waals surface area contributed by atoms with Crippen LogP contribution in [0.25, 0.3) is 6.08 Å². The van der Waals surface area contributed by atoms with E-state index >= 15 is 0 Å². The standard InChI is InChI=1S/C8H7ClN2O2/c9-8-10-4-6(5-11-8)2-1-3-7(12)13/h1-2,4-5H,3H2,(H,12,13). The van der Waals surface area contributed by atoms with E-state index in [0.717, 1.165) is 5.56 Å². The van der Waals surface area contributed by atoms with E-state index in [0.29, 0.717) is 0 Å². The minimum absolute atomic E-state index is 0.0113. The largest absolute Gasteiger partial charge is 0.481 e. The molecule has 0 unspecified atom stereocenters. The summed E-state index contributed by atoms with van der Waals surface area (Å²) in [6.07, 6.45) is 6.18. The van der Waals surface area contributed by atoms with Gasteiger partial charge in [-0.25, -0.2) is 9.97 Å². The van der Waals surface area contributed by atoms with Crippen LogP contribution in [0.5, 0.6) is 0 Å². The van der Waals surface area contributed by atoms with Gasteiger partial charge in [0.1, 0.15) is 0 Å². The summed E-state index contributed by atoms with van der Waals surface area (Å²) < 4.78 is 0. The molecule has 1 N–H and O–H groups in total. The summed E-state index contributed by atoms with van der Waals surface area (Å²) in [4.78, 5) is 17.6. The number of aromatic nitrogens is 2. The minimum Gasteiger partial charge on any atom is -0.481 e. The lowest BCUT2D eigenvalue weighted by atomic mass is 10.3. The first-order chi connectivity index (χ1) is 6.18. The average molecular weight is 199 g/mol. The molecule has 13 heavy (non-hydrogen) atoms. The molecule has 1 aromatic heterocycles. The molecule has 1 rings (SSSR count). The first-order valence-electron chi connectivity index (χ1n) is 3.54. The number of aliphatic carboxylic acids is 1. The van der Waals surface area contributed by atoms with E-state index in [4.69, 9.17) is 16.7 Å². The topological polar surface area (TPSA) is 63.1 Å². The third-order valence-electron chi connectivity index (χ3n) is 1.24. The SMILES string of the molecule is O=C(O)CC=Cc1cnc(Cl)nc1. The molecule has 0 saturated carbocycles. The molecular formula is C8H7ClN2O2. The van der Waals surface area contributed by atoms with Gasteiger partial charge in [-0.15, -0.1) is 0 Å². The molecule has 0 saturated heterocycles. The van der Waals surface area contributed by atoms with Gasteiger partial charge in [0.25, 0.3) is 0 Å². The normalized spacial score (nSPS) is 10.5. The summed E-state index contributed by atoms with van der Waals surface area (Å²) in [5.74, 6) is -0.869. The molecule has 0 amide bonds. The Hall–Kier alpha value is -1.42. The summed E-state index contributed by atoms with van der Waals surface area (Å²) in [5, 5.41) is 8.51. The number of halogens is 1. The highest BCUT2D eigenvalue weighted by molar-refractivity contribution is 6.28. The van der Waals surface area contributed by atoms with Crippen LogP contribution in [-0.2, 0) is 4.79 Å². The van der Waals surface area contributed by atoms with Crippen molar-refractivity contribution in [2.24, 2.45) is 0 Å². The molecule has 0 spiro atoms. The number of hydrogen-bond donors (Lipinski definition) is 1. The van der Waals surface area contributed by atoms with Crippen LogP contribution in [0.4, 0.5) is 0 Å². The van der Waals surface area contributed by atoms with Gasteiger partial charge in [0.15, 0.2) is 0 Å². The van der Waals surface area contributed by atoms with Gasteiger partial charge in [0, 0.05) is 18.0 Å². The molecule has 5 heteroatoms. The van der Waals surface area contributed by atoms with Gasteiger partial charge in [-0.3, -0.25) is 4.79 Å². The zero-order valence-electron chi connectivity index (χ0n) is 6.64. The van der Waals surface area contributed by atoms with Crippen LogP contribution in [0.1, 0.15) is 12.0 Å². The maximum absolute atomic E-state index is 10.1. The van der Waals surface area contributed by atoms with E-state index in [2.05, 4.69) is 9.97 Å². The van der Waals surface area contributed by atoms with Crippen LogP contribution in [0.2, 0.25) is 5.28 Å². The highest BCUT2D eigenvalue weighted by Crippen LogP contribution is 2.02. The number of rotatable bonds is 3. The molecule has 1 heterocycles. The molecule has 0 aliphatic heterocycles. The second-order valence-corrected chi connectivity index (χ2v) is 2.62. The van der Waals surface area contributed by atoms with E-state index in [1.165, 1.54) is 18.5 Å². The maximum Gasteiger partial charge on any atom is 0.307 e. The van der Waals surface area contributed by atoms with Crippen LogP contribution in [0.3, 0.4) is 0 Å². The van der Waals surface area contributed by atoms with E-state index in [1.807, 2.05) is 0 Å². The van der Waals surface area contributed by atoms with Crippen LogP contribution < -0.4 is 0 Å². The number of carboxylic acids is 1. The van der Waals surface area contributed by atoms with Gasteiger partial charge in [0.05, 0.1) is 6.42 Å². The summed E-state index contributed by atoms with van der Waals surface area (Å²) in [6.45, 7) is 0. The van der Waals surface area contributed by atoms with Crippen molar-refractivity contribution in [2.45, 2.75) is 6.42 Å². The number of carboxylic acid groups (broad SMARTS) is 1. The van der Waals surface area contributed by atoms with Crippen molar-refractivity contribution in [3.63, 3.8) is 0 Å². The highest BCUT2D eigenvalue weighted by Gasteiger charge is 1.92. The summed E-state index contributed by atoms with van der Waals surface area (Å²) in [6, 6.07) is 0. The maximum atomic E-state index is 10.1. The second kappa shape index (κ2) is 4.57. The Morgan fingerprint density at radius 3 is 2.69 bits per heavy atom. The third-order valence-corrected chi connectivity index (χ3v) is 1.44. The van der Waals surface area contributed by atoms with E-state index in [-0.39, 0.29) is 11.7 Å². The van der Waals surface area contributed by atoms with Crippen molar-refractivity contribution >= 4 is 23.6 Å². The van der Waals surface area contributed by atoms with Crippen molar-refractivity contribution in [2.75, 3.05) is 0 Å². The van der Waals surface area contributed by atoms with Crippen LogP contribution in [0, 0.1) is 0 Å². The fourth-order valence-corrected chi connectivity index (χ4v) is 0.802. The second-order valence-electron chi connectivity index (χ2n) is 2.29. The van der Waals surface area contributed by atoms with Crippen LogP contribution in [-0.4, -0.2) is 21.0 Å². The number of carbonyl (C=O) groups is 1. The van der Waals surface area contributed by atoms with Gasteiger partial charge >= 0.3 is 5.97 Å². The van der Waals surface area contributed by atoms with Gasteiger partial charge in [-0.2, -0.15) is 0 Å². The van der Waals surface area contributed by atoms with Crippen molar-refractivity contribution < 1.29 is 9.90 Å². The predicted molar refractivity (Wildman–Crippen MR) is 48.3 cm³/mol. The number of nitrogens with zero attached hydrogens (tertiary/aromatic N) is 2. The molecule has 0 aromatic carbocycles. The molecule has 0 bridgehead atoms. The number of hydrogen-bond acceptors (Lipinski definition) is 3. The monoisotopic (exact) mass is 198 g/mol. The summed E-state index contributed by atoms with van der Waals surface area (Å²) in [5.41, 5.74) is 0.727. The van der Waals surface area contributed by atoms with Crippen LogP contribution >= 0.6 is 11.6 Å². The zero-order valence-corrected chi connectivity index (χ0v) is 7.40. The molecular weight excluding hydrogens is 192 g/mol. The molecule has 1 aromatic rings. The lowest BCUT2D eigenvalue weighted by Crippen LogP contribution is -1.89. The van der Waals surface area contributed by atoms with Crippen molar-refractivity contribution in [1.29, 1.82) is 0 Å². The Morgan fingerprint density at radius 2 is 2.15 bits per heavy atom. The lowest BCUT2D eigenvalue weighted by Gasteiger charge is -1.90. The summed E-state index contributed by atoms with van der Waals surface area (Å²) in [7, 11) is 0. The molecule has 0 aliphatic rings. The minimum atomic E-state index is -0.869. The highest BCUT2D eigenvalue weighted by atomic mass is 35.5. The zero-order chi connectivity index (χ0) is 9.68. The summed E-state index contributed by atoms with van der Waals surface area (Å²) >= 11 is 5.46. The Labute approximate surface area is 79.9 Å². The van der Waals surface area contributed by atoms with Gasteiger partial charge in [-0.05, 0) is 11.6 Å². The lowest BCUT2D eigenvalue weighted by molar-refractivity contribution is -0.135. The smallest absolute Gasteiger partial charge is 0.307 e. The first-order valence-corrected chi connectivity index (χ1v) is 3.92. The predicted octanol–water partition coefficient (Wildman–Crippen LogP) is 1.62. The first kappa shape index (κ1) is 9.67. The molecule has 0 atom stereocenters. The fraction of sp³-hybridized carbons (Fsp3) is 0.125. The van der Waals surface area contributed by atoms with Gasteiger partial charge in [-0.1, -0.05) is 12.2 Å². The quantitative estimate of drug-likeness (QED) is 0.750. The fourth-order valence-electron chi connectivity index (χ4n) is 0.704. The Balaban J connectivity index is 2.59. The molecule has 0 aliphatic carbocycles. The van der Waals surface area contributed by atoms with E-state index in [9.17, 15) is 4.79 Å². The third kappa shape index (κ3) is 3.66. The Kier molecular flexibility index (Phi) is 3.40. The molecule has 0 fully saturated rings. The molecule has 68 valence electrons.